The number of aryl methyl sites for hydroxylation is 1. The summed E-state index contributed by atoms with van der Waals surface area (Å²) >= 11 is 0. The van der Waals surface area contributed by atoms with Gasteiger partial charge in [0.1, 0.15) is 5.60 Å². The third-order valence-electron chi connectivity index (χ3n) is 4.90. The summed E-state index contributed by atoms with van der Waals surface area (Å²) < 4.78 is 1.73. The molecule has 0 amide bonds. The fraction of sp³-hybridized carbons (Fsp3) is 0.526. The molecule has 5 nitrogen and oxygen atoms in total. The van der Waals surface area contributed by atoms with Gasteiger partial charge in [-0.1, -0.05) is 30.3 Å². The van der Waals surface area contributed by atoms with Crippen LogP contribution in [0.25, 0.3) is 0 Å². The van der Waals surface area contributed by atoms with Crippen LogP contribution in [0, 0.1) is 0 Å². The minimum Gasteiger partial charge on any atom is -0.384 e. The average molecular weight is 328 g/mol. The van der Waals surface area contributed by atoms with Crippen molar-refractivity contribution in [3.8, 4) is 0 Å². The standard InChI is InChI=1S/C19H28N4O/c1-19(24,17-12-21-22(2)14-17)15-20-18-8-10-23(11-9-18)13-16-6-4-3-5-7-16/h3-7,12,14,18,20,24H,8-11,13,15H2,1-2H3. The molecule has 3 rings (SSSR count). The maximum absolute atomic E-state index is 10.7. The Labute approximate surface area is 144 Å². The summed E-state index contributed by atoms with van der Waals surface area (Å²) in [6, 6.07) is 11.1. The van der Waals surface area contributed by atoms with Gasteiger partial charge in [0.2, 0.25) is 0 Å². The summed E-state index contributed by atoms with van der Waals surface area (Å²) in [5, 5.41) is 18.3. The molecule has 1 unspecified atom stereocenters. The lowest BCUT2D eigenvalue weighted by atomic mass is 9.97. The van der Waals surface area contributed by atoms with Gasteiger partial charge in [0.15, 0.2) is 0 Å². The van der Waals surface area contributed by atoms with Gasteiger partial charge in [0.25, 0.3) is 0 Å². The number of nitrogens with one attached hydrogen (secondary N) is 1. The van der Waals surface area contributed by atoms with E-state index in [1.165, 1.54) is 5.56 Å². The van der Waals surface area contributed by atoms with Gasteiger partial charge in [-0.25, -0.2) is 0 Å². The van der Waals surface area contributed by atoms with Gasteiger partial charge in [0.05, 0.1) is 6.20 Å². The highest BCUT2D eigenvalue weighted by Gasteiger charge is 2.27. The predicted octanol–water partition coefficient (Wildman–Crippen LogP) is 1.88. The third kappa shape index (κ3) is 4.44. The van der Waals surface area contributed by atoms with Gasteiger partial charge in [-0.3, -0.25) is 9.58 Å². The predicted molar refractivity (Wildman–Crippen MR) is 95.5 cm³/mol. The van der Waals surface area contributed by atoms with Gasteiger partial charge < -0.3 is 10.4 Å². The van der Waals surface area contributed by atoms with E-state index in [-0.39, 0.29) is 0 Å². The highest BCUT2D eigenvalue weighted by atomic mass is 16.3. The summed E-state index contributed by atoms with van der Waals surface area (Å²) in [6.07, 6.45) is 5.86. The maximum Gasteiger partial charge on any atom is 0.102 e. The number of piperidine rings is 1. The van der Waals surface area contributed by atoms with Crippen LogP contribution in [0.15, 0.2) is 42.7 Å². The minimum atomic E-state index is -0.880. The summed E-state index contributed by atoms with van der Waals surface area (Å²) in [7, 11) is 1.87. The largest absolute Gasteiger partial charge is 0.384 e. The Bertz CT molecular complexity index is 630. The van der Waals surface area contributed by atoms with Crippen molar-refractivity contribution in [3.05, 3.63) is 53.9 Å². The van der Waals surface area contributed by atoms with E-state index in [0.29, 0.717) is 12.6 Å². The zero-order valence-electron chi connectivity index (χ0n) is 14.7. The van der Waals surface area contributed by atoms with E-state index < -0.39 is 5.60 Å². The van der Waals surface area contributed by atoms with E-state index in [4.69, 9.17) is 0 Å². The monoisotopic (exact) mass is 328 g/mol. The summed E-state index contributed by atoms with van der Waals surface area (Å²) in [5.74, 6) is 0. The first kappa shape index (κ1) is 17.1. The Hall–Kier alpha value is -1.69. The molecular formula is C19H28N4O. The van der Waals surface area contributed by atoms with Crippen LogP contribution < -0.4 is 5.32 Å². The quantitative estimate of drug-likeness (QED) is 0.850. The lowest BCUT2D eigenvalue weighted by Crippen LogP contribution is -2.46. The molecule has 0 saturated carbocycles. The first-order valence-corrected chi connectivity index (χ1v) is 8.74. The second-order valence-corrected chi connectivity index (χ2v) is 7.09. The van der Waals surface area contributed by atoms with E-state index in [9.17, 15) is 5.11 Å². The van der Waals surface area contributed by atoms with Crippen LogP contribution in [0.1, 0.15) is 30.9 Å². The van der Waals surface area contributed by atoms with Crippen LogP contribution >= 0.6 is 0 Å². The topological polar surface area (TPSA) is 53.3 Å². The molecule has 0 radical (unpaired) electrons. The van der Waals surface area contributed by atoms with Gasteiger partial charge >= 0.3 is 0 Å². The molecule has 0 bridgehead atoms. The Morgan fingerprint density at radius 1 is 1.25 bits per heavy atom. The molecule has 0 spiro atoms. The Balaban J connectivity index is 1.44. The number of benzene rings is 1. The van der Waals surface area contributed by atoms with Crippen molar-refractivity contribution in [2.24, 2.45) is 7.05 Å². The molecule has 1 aliphatic rings. The summed E-state index contributed by atoms with van der Waals surface area (Å²) in [5.41, 5.74) is 1.36. The molecule has 2 aromatic rings. The first-order chi connectivity index (χ1) is 11.5. The Morgan fingerprint density at radius 2 is 1.96 bits per heavy atom. The van der Waals surface area contributed by atoms with Crippen molar-refractivity contribution in [1.29, 1.82) is 0 Å². The number of hydrogen-bond acceptors (Lipinski definition) is 4. The molecule has 1 aliphatic heterocycles. The highest BCUT2D eigenvalue weighted by molar-refractivity contribution is 5.15. The van der Waals surface area contributed by atoms with Crippen LogP contribution in [0.5, 0.6) is 0 Å². The van der Waals surface area contributed by atoms with Gasteiger partial charge in [-0.05, 0) is 38.4 Å². The minimum absolute atomic E-state index is 0.472. The molecule has 130 valence electrons. The van der Waals surface area contributed by atoms with Crippen LogP contribution in [0.4, 0.5) is 0 Å². The number of aromatic nitrogens is 2. The molecule has 1 saturated heterocycles. The lowest BCUT2D eigenvalue weighted by Gasteiger charge is -2.34. The molecule has 1 fully saturated rings. The van der Waals surface area contributed by atoms with Gasteiger partial charge in [-0.2, -0.15) is 5.10 Å². The second kappa shape index (κ2) is 7.47. The van der Waals surface area contributed by atoms with Gasteiger partial charge in [-0.15, -0.1) is 0 Å². The molecule has 0 aliphatic carbocycles. The fourth-order valence-electron chi connectivity index (χ4n) is 3.28. The van der Waals surface area contributed by atoms with Gasteiger partial charge in [0, 0.05) is 37.9 Å². The van der Waals surface area contributed by atoms with E-state index in [0.717, 1.165) is 38.0 Å². The zero-order valence-corrected chi connectivity index (χ0v) is 14.7. The first-order valence-electron chi connectivity index (χ1n) is 8.74. The van der Waals surface area contributed by atoms with Crippen LogP contribution in [-0.2, 0) is 19.2 Å². The fourth-order valence-corrected chi connectivity index (χ4v) is 3.28. The molecule has 1 aromatic heterocycles. The summed E-state index contributed by atoms with van der Waals surface area (Å²) in [4.78, 5) is 2.51. The molecule has 1 aromatic carbocycles. The van der Waals surface area contributed by atoms with E-state index >= 15 is 0 Å². The SMILES string of the molecule is Cn1cc(C(C)(O)CNC2CCN(Cc3ccccc3)CC2)cn1. The maximum atomic E-state index is 10.7. The van der Waals surface area contributed by atoms with E-state index in [1.54, 1.807) is 10.9 Å². The smallest absolute Gasteiger partial charge is 0.102 e. The molecule has 2 N–H and O–H groups in total. The van der Waals surface area contributed by atoms with Crippen molar-refractivity contribution in [2.75, 3.05) is 19.6 Å². The number of rotatable bonds is 6. The normalized spacial score (nSPS) is 19.3. The number of hydrogen-bond donors (Lipinski definition) is 2. The van der Waals surface area contributed by atoms with Crippen LogP contribution in [0.2, 0.25) is 0 Å². The molecule has 5 heteroatoms. The van der Waals surface area contributed by atoms with Crippen LogP contribution in [-0.4, -0.2) is 45.5 Å². The second-order valence-electron chi connectivity index (χ2n) is 7.09. The molecular weight excluding hydrogens is 300 g/mol. The number of aliphatic hydroxyl groups is 1. The lowest BCUT2D eigenvalue weighted by molar-refractivity contribution is 0.0498. The number of likely N-dealkylation sites (tertiary alicyclic amines) is 1. The Morgan fingerprint density at radius 3 is 2.58 bits per heavy atom. The number of nitrogens with zero attached hydrogens (tertiary/aromatic N) is 3. The third-order valence-corrected chi connectivity index (χ3v) is 4.90. The van der Waals surface area contributed by atoms with E-state index in [1.807, 2.05) is 20.2 Å². The Kier molecular flexibility index (Phi) is 5.33. The van der Waals surface area contributed by atoms with Crippen molar-refractivity contribution in [2.45, 2.75) is 38.0 Å². The average Bonchev–Trinajstić information content (AvgIpc) is 3.03. The zero-order chi connectivity index (χ0) is 17.0. The molecule has 1 atom stereocenters. The summed E-state index contributed by atoms with van der Waals surface area (Å²) in [6.45, 7) is 5.63. The highest BCUT2D eigenvalue weighted by Crippen LogP contribution is 2.20. The van der Waals surface area contributed by atoms with Crippen LogP contribution in [0.3, 0.4) is 0 Å². The molecule has 2 heterocycles. The van der Waals surface area contributed by atoms with Crippen molar-refractivity contribution < 1.29 is 5.11 Å². The molecule has 24 heavy (non-hydrogen) atoms. The van der Waals surface area contributed by atoms with Crippen molar-refractivity contribution in [3.63, 3.8) is 0 Å². The van der Waals surface area contributed by atoms with E-state index in [2.05, 4.69) is 45.6 Å². The van der Waals surface area contributed by atoms with Crippen molar-refractivity contribution >= 4 is 0 Å². The van der Waals surface area contributed by atoms with Crippen molar-refractivity contribution in [1.82, 2.24) is 20.0 Å².